The van der Waals surface area contributed by atoms with Gasteiger partial charge in [-0.1, -0.05) is 92.8 Å². The minimum atomic E-state index is -1.58. The monoisotopic (exact) mass is 648 g/mol. The standard InChI is InChI=1S/C18H12Cl12/c19-9-10(20)15(25)7-3-4-8-6(2-1-5(7)13(9,23)17(15,27)28)14(24)11(21)12(22)16(8,26)18(14,29)30/h5-8H,1-4H2/t5-,6+,7-,8+,13-,14-,15-,16-/m0/s1. The molecule has 0 amide bonds. The van der Waals surface area contributed by atoms with Crippen molar-refractivity contribution in [2.75, 3.05) is 0 Å². The summed E-state index contributed by atoms with van der Waals surface area (Å²) in [6, 6.07) is 0. The molecule has 3 saturated carbocycles. The highest BCUT2D eigenvalue weighted by Gasteiger charge is 2.85. The van der Waals surface area contributed by atoms with Gasteiger partial charge in [-0.15, -0.1) is 46.4 Å². The molecule has 5 aliphatic rings. The average molecular weight is 654 g/mol. The molecule has 0 aromatic carbocycles. The summed E-state index contributed by atoms with van der Waals surface area (Å²) in [5.74, 6) is -0.976. The second-order valence-corrected chi connectivity index (χ2v) is 15.4. The van der Waals surface area contributed by atoms with Gasteiger partial charge in [0.25, 0.3) is 0 Å². The van der Waals surface area contributed by atoms with Crippen LogP contribution in [0.2, 0.25) is 0 Å². The van der Waals surface area contributed by atoms with E-state index in [0.29, 0.717) is 25.7 Å². The van der Waals surface area contributed by atoms with E-state index in [9.17, 15) is 0 Å². The molecule has 0 nitrogen and oxygen atoms in total. The van der Waals surface area contributed by atoms with E-state index >= 15 is 0 Å². The molecule has 3 fully saturated rings. The third-order valence-electron chi connectivity index (χ3n) is 8.08. The van der Waals surface area contributed by atoms with Crippen molar-refractivity contribution in [2.24, 2.45) is 23.7 Å². The Kier molecular flexibility index (Phi) is 5.61. The Morgan fingerprint density at radius 2 is 0.567 bits per heavy atom. The van der Waals surface area contributed by atoms with E-state index in [-0.39, 0.29) is 43.8 Å². The molecule has 0 saturated heterocycles. The number of hydrogen-bond donors (Lipinski definition) is 0. The average Bonchev–Trinajstić information content (AvgIpc) is 2.96. The van der Waals surface area contributed by atoms with E-state index in [4.69, 9.17) is 139 Å². The van der Waals surface area contributed by atoms with Crippen LogP contribution in [0.4, 0.5) is 0 Å². The summed E-state index contributed by atoms with van der Waals surface area (Å²) in [4.78, 5) is -5.28. The second-order valence-electron chi connectivity index (χ2n) is 8.83. The summed E-state index contributed by atoms with van der Waals surface area (Å²) in [5.41, 5.74) is 0. The van der Waals surface area contributed by atoms with Crippen molar-refractivity contribution in [3.63, 3.8) is 0 Å². The molecule has 5 aliphatic carbocycles. The Hall–Kier alpha value is 2.96. The summed E-state index contributed by atoms with van der Waals surface area (Å²) >= 11 is 81.3. The Bertz CT molecular complexity index is 782. The molecule has 0 unspecified atom stereocenters. The van der Waals surface area contributed by atoms with Gasteiger partial charge in [-0.25, -0.2) is 0 Å². The maximum absolute atomic E-state index is 7.02. The fourth-order valence-corrected chi connectivity index (χ4v) is 13.0. The van der Waals surface area contributed by atoms with Gasteiger partial charge in [0.1, 0.15) is 19.5 Å². The number of halogens is 12. The molecule has 0 spiro atoms. The summed E-state index contributed by atoms with van der Waals surface area (Å²) in [6.45, 7) is 0. The molecular formula is C18H12Cl12. The van der Waals surface area contributed by atoms with Gasteiger partial charge in [-0.2, -0.15) is 0 Å². The molecule has 4 bridgehead atoms. The largest absolute Gasteiger partial charge is 0.166 e. The lowest BCUT2D eigenvalue weighted by Gasteiger charge is -2.44. The summed E-state index contributed by atoms with van der Waals surface area (Å²) < 4.78 is -3.17. The van der Waals surface area contributed by atoms with Crippen LogP contribution in [0, 0.1) is 23.7 Å². The van der Waals surface area contributed by atoms with E-state index < -0.39 is 28.2 Å². The van der Waals surface area contributed by atoms with E-state index in [0.717, 1.165) is 0 Å². The van der Waals surface area contributed by atoms with Gasteiger partial charge >= 0.3 is 0 Å². The molecule has 8 atom stereocenters. The molecule has 0 radical (unpaired) electrons. The fourth-order valence-electron chi connectivity index (χ4n) is 6.73. The normalized spacial score (nSPS) is 55.6. The van der Waals surface area contributed by atoms with Gasteiger partial charge in [0, 0.05) is 0 Å². The first-order valence-electron chi connectivity index (χ1n) is 9.22. The minimum Gasteiger partial charge on any atom is -0.109 e. The molecule has 0 aromatic rings. The molecule has 0 aliphatic heterocycles. The predicted octanol–water partition coefficient (Wildman–Crippen LogP) is 9.72. The van der Waals surface area contributed by atoms with Crippen molar-refractivity contribution in [3.8, 4) is 0 Å². The maximum Gasteiger partial charge on any atom is 0.166 e. The predicted molar refractivity (Wildman–Crippen MR) is 133 cm³/mol. The van der Waals surface area contributed by atoms with Crippen molar-refractivity contribution < 1.29 is 0 Å². The van der Waals surface area contributed by atoms with Crippen molar-refractivity contribution in [2.45, 2.75) is 53.8 Å². The number of alkyl halides is 8. The number of allylic oxidation sites excluding steroid dienone is 4. The van der Waals surface area contributed by atoms with Crippen LogP contribution >= 0.6 is 139 Å². The van der Waals surface area contributed by atoms with Gasteiger partial charge < -0.3 is 0 Å². The van der Waals surface area contributed by atoms with Crippen LogP contribution in [-0.4, -0.2) is 28.2 Å². The molecular weight excluding hydrogens is 642 g/mol. The van der Waals surface area contributed by atoms with Gasteiger partial charge in [0.15, 0.2) is 8.67 Å². The quantitative estimate of drug-likeness (QED) is 0.229. The Balaban J connectivity index is 1.62. The van der Waals surface area contributed by atoms with E-state index in [1.165, 1.54) is 0 Å². The van der Waals surface area contributed by atoms with Crippen LogP contribution in [0.15, 0.2) is 20.1 Å². The fraction of sp³-hybridized carbons (Fsp3) is 0.778. The summed E-state index contributed by atoms with van der Waals surface area (Å²) in [5, 5.41) is 0.765. The Labute approximate surface area is 234 Å². The van der Waals surface area contributed by atoms with Crippen LogP contribution in [0.3, 0.4) is 0 Å². The molecule has 30 heavy (non-hydrogen) atoms. The molecule has 0 heterocycles. The zero-order chi connectivity index (χ0) is 22.4. The van der Waals surface area contributed by atoms with Crippen LogP contribution in [-0.2, 0) is 0 Å². The van der Waals surface area contributed by atoms with Gasteiger partial charge in [-0.3, -0.25) is 0 Å². The first-order chi connectivity index (χ1) is 13.6. The highest BCUT2D eigenvalue weighted by Crippen LogP contribution is 2.81. The molecule has 168 valence electrons. The SMILES string of the molecule is ClC1=C(Cl)[C@@]2(Cl)[C@@H]3CC[C@H]4[C@H](CC[C@H]3[C@@]1(Cl)C2(Cl)Cl)[C@]1(Cl)C(Cl)=C(Cl)[C@]4(Cl)C1(Cl)Cl. The number of rotatable bonds is 0. The lowest BCUT2D eigenvalue weighted by Crippen LogP contribution is -2.45. The molecule has 5 rings (SSSR count). The molecule has 0 N–H and O–H groups in total. The highest BCUT2D eigenvalue weighted by molar-refractivity contribution is 6.66. The van der Waals surface area contributed by atoms with E-state index in [1.54, 1.807) is 0 Å². The van der Waals surface area contributed by atoms with Gasteiger partial charge in [-0.05, 0) is 49.4 Å². The van der Waals surface area contributed by atoms with Crippen LogP contribution in [0.1, 0.15) is 25.7 Å². The summed E-state index contributed by atoms with van der Waals surface area (Å²) in [6.07, 6.45) is 2.22. The molecule has 0 aromatic heterocycles. The van der Waals surface area contributed by atoms with Gasteiger partial charge in [0.05, 0.1) is 20.1 Å². The van der Waals surface area contributed by atoms with Crippen molar-refractivity contribution in [1.29, 1.82) is 0 Å². The topological polar surface area (TPSA) is 0 Å². The zero-order valence-corrected chi connectivity index (χ0v) is 23.7. The molecule has 12 heteroatoms. The third-order valence-corrected chi connectivity index (χ3v) is 16.8. The van der Waals surface area contributed by atoms with Crippen LogP contribution in [0.25, 0.3) is 0 Å². The van der Waals surface area contributed by atoms with E-state index in [2.05, 4.69) is 0 Å². The maximum atomic E-state index is 7.02. The first kappa shape index (κ1) is 24.6. The van der Waals surface area contributed by atoms with Crippen LogP contribution < -0.4 is 0 Å². The lowest BCUT2D eigenvalue weighted by atomic mass is 9.67. The number of fused-ring (bicyclic) bond motifs is 10. The summed E-state index contributed by atoms with van der Waals surface area (Å²) in [7, 11) is 0. The lowest BCUT2D eigenvalue weighted by molar-refractivity contribution is 0.175. The Morgan fingerprint density at radius 1 is 0.400 bits per heavy atom. The minimum absolute atomic E-state index is 0.191. The van der Waals surface area contributed by atoms with Crippen molar-refractivity contribution >= 4 is 139 Å². The first-order valence-corrected chi connectivity index (χ1v) is 13.8. The zero-order valence-electron chi connectivity index (χ0n) is 14.7. The van der Waals surface area contributed by atoms with Crippen LogP contribution in [0.5, 0.6) is 0 Å². The highest BCUT2D eigenvalue weighted by atomic mass is 35.5. The number of hydrogen-bond acceptors (Lipinski definition) is 0. The van der Waals surface area contributed by atoms with E-state index in [1.807, 2.05) is 0 Å². The Morgan fingerprint density at radius 3 is 0.733 bits per heavy atom. The second kappa shape index (κ2) is 6.83. The third kappa shape index (κ3) is 2.18. The smallest absolute Gasteiger partial charge is 0.109 e. The van der Waals surface area contributed by atoms with Crippen molar-refractivity contribution in [1.82, 2.24) is 0 Å². The van der Waals surface area contributed by atoms with Crippen molar-refractivity contribution in [3.05, 3.63) is 20.1 Å². The van der Waals surface area contributed by atoms with Gasteiger partial charge in [0.2, 0.25) is 0 Å².